The van der Waals surface area contributed by atoms with Crippen LogP contribution in [0.4, 0.5) is 5.69 Å². The van der Waals surface area contributed by atoms with Crippen LogP contribution < -0.4 is 10.1 Å². The molecule has 22 heavy (non-hydrogen) atoms. The highest BCUT2D eigenvalue weighted by atomic mass is 35.5. The lowest BCUT2D eigenvalue weighted by molar-refractivity contribution is -0.117. The smallest absolute Gasteiger partial charge is 0.339 e. The molecular weight excluding hydrogens is 306 g/mol. The number of nitrogens with one attached hydrogen (secondary N) is 1. The number of anilines is 1. The first-order valence-electron chi connectivity index (χ1n) is 7.42. The number of rotatable bonds is 5. The third-order valence-corrected chi connectivity index (χ3v) is 4.31. The molecule has 0 heterocycles. The van der Waals surface area contributed by atoms with E-state index in [9.17, 15) is 9.59 Å². The van der Waals surface area contributed by atoms with Gasteiger partial charge in [0.15, 0.2) is 0 Å². The Hall–Kier alpha value is -1.75. The Kier molecular flexibility index (Phi) is 5.66. The quantitative estimate of drug-likeness (QED) is 0.859. The Morgan fingerprint density at radius 3 is 2.59 bits per heavy atom. The van der Waals surface area contributed by atoms with Gasteiger partial charge in [-0.15, -0.1) is 0 Å². The molecule has 1 aliphatic carbocycles. The fourth-order valence-electron chi connectivity index (χ4n) is 2.84. The van der Waals surface area contributed by atoms with E-state index in [1.165, 1.54) is 38.5 Å². The Balaban J connectivity index is 2.08. The fraction of sp³-hybridized carbons (Fsp3) is 0.500. The Bertz CT molecular complexity index is 568. The number of methoxy groups -OCH3 is 1. The monoisotopic (exact) mass is 325 g/mol. The number of hydrogen-bond acceptors (Lipinski definition) is 3. The molecule has 1 saturated carbocycles. The number of carboxylic acids is 1. The van der Waals surface area contributed by atoms with E-state index in [0.29, 0.717) is 18.0 Å². The van der Waals surface area contributed by atoms with Gasteiger partial charge in [0, 0.05) is 12.5 Å². The lowest BCUT2D eigenvalue weighted by atomic mass is 9.87. The standard InChI is InChI=1S/C16H20ClNO4/c1-22-14-9-13(12(17)8-11(14)16(20)21)18-15(19)7-10-5-3-2-4-6-10/h8-10H,2-7H2,1H3,(H,18,19)(H,20,21). The van der Waals surface area contributed by atoms with Crippen LogP contribution >= 0.6 is 11.6 Å². The van der Waals surface area contributed by atoms with Crippen molar-refractivity contribution < 1.29 is 19.4 Å². The van der Waals surface area contributed by atoms with Crippen LogP contribution in [0.15, 0.2) is 12.1 Å². The van der Waals surface area contributed by atoms with E-state index in [4.69, 9.17) is 21.4 Å². The molecule has 2 N–H and O–H groups in total. The molecule has 0 aliphatic heterocycles. The number of ether oxygens (including phenoxy) is 1. The number of amides is 1. The summed E-state index contributed by atoms with van der Waals surface area (Å²) >= 11 is 6.06. The largest absolute Gasteiger partial charge is 0.496 e. The minimum absolute atomic E-state index is 0.0298. The molecule has 0 atom stereocenters. The number of benzene rings is 1. The second kappa shape index (κ2) is 7.49. The van der Waals surface area contributed by atoms with Crippen LogP contribution in [-0.2, 0) is 4.79 Å². The first kappa shape index (κ1) is 16.6. The van der Waals surface area contributed by atoms with E-state index in [-0.39, 0.29) is 22.2 Å². The normalized spacial score (nSPS) is 15.4. The first-order valence-corrected chi connectivity index (χ1v) is 7.79. The van der Waals surface area contributed by atoms with E-state index < -0.39 is 5.97 Å². The summed E-state index contributed by atoms with van der Waals surface area (Å²) < 4.78 is 5.04. The summed E-state index contributed by atoms with van der Waals surface area (Å²) in [5.41, 5.74) is 0.349. The van der Waals surface area contributed by atoms with Gasteiger partial charge in [0.05, 0.1) is 17.8 Å². The molecule has 1 aliphatic rings. The van der Waals surface area contributed by atoms with Crippen molar-refractivity contribution in [2.45, 2.75) is 38.5 Å². The zero-order valence-electron chi connectivity index (χ0n) is 12.5. The molecule has 5 nitrogen and oxygen atoms in total. The van der Waals surface area contributed by atoms with Gasteiger partial charge in [-0.05, 0) is 24.8 Å². The number of aromatic carboxylic acids is 1. The minimum Gasteiger partial charge on any atom is -0.496 e. The van der Waals surface area contributed by atoms with Crippen molar-refractivity contribution in [3.05, 3.63) is 22.7 Å². The molecule has 1 amide bonds. The number of carbonyl (C=O) groups is 2. The second-order valence-corrected chi connectivity index (χ2v) is 6.00. The van der Waals surface area contributed by atoms with E-state index in [1.807, 2.05) is 0 Å². The van der Waals surface area contributed by atoms with Gasteiger partial charge in [0.1, 0.15) is 11.3 Å². The molecule has 120 valence electrons. The maximum absolute atomic E-state index is 12.1. The molecule has 0 radical (unpaired) electrons. The maximum atomic E-state index is 12.1. The van der Waals surface area contributed by atoms with Gasteiger partial charge in [-0.3, -0.25) is 4.79 Å². The van der Waals surface area contributed by atoms with Crippen molar-refractivity contribution in [3.63, 3.8) is 0 Å². The van der Waals surface area contributed by atoms with E-state index in [1.54, 1.807) is 0 Å². The molecule has 0 saturated heterocycles. The van der Waals surface area contributed by atoms with Gasteiger partial charge in [-0.25, -0.2) is 4.79 Å². The Labute approximate surface area is 134 Å². The van der Waals surface area contributed by atoms with Gasteiger partial charge in [0.25, 0.3) is 0 Å². The van der Waals surface area contributed by atoms with Crippen LogP contribution in [0, 0.1) is 5.92 Å². The highest BCUT2D eigenvalue weighted by molar-refractivity contribution is 6.34. The van der Waals surface area contributed by atoms with Crippen LogP contribution in [0.25, 0.3) is 0 Å². The predicted octanol–water partition coefficient (Wildman–Crippen LogP) is 3.96. The highest BCUT2D eigenvalue weighted by Gasteiger charge is 2.19. The van der Waals surface area contributed by atoms with E-state index in [0.717, 1.165) is 12.8 Å². The summed E-state index contributed by atoms with van der Waals surface area (Å²) in [6.45, 7) is 0. The van der Waals surface area contributed by atoms with E-state index in [2.05, 4.69) is 5.32 Å². The molecule has 1 aromatic rings. The molecular formula is C16H20ClNO4. The maximum Gasteiger partial charge on any atom is 0.339 e. The molecule has 2 rings (SSSR count). The van der Waals surface area contributed by atoms with Crippen molar-refractivity contribution in [2.75, 3.05) is 12.4 Å². The van der Waals surface area contributed by atoms with Crippen LogP contribution in [0.1, 0.15) is 48.9 Å². The van der Waals surface area contributed by atoms with Crippen molar-refractivity contribution in [2.24, 2.45) is 5.92 Å². The Morgan fingerprint density at radius 1 is 1.32 bits per heavy atom. The van der Waals surface area contributed by atoms with Crippen LogP contribution in [0.2, 0.25) is 5.02 Å². The van der Waals surface area contributed by atoms with Gasteiger partial charge < -0.3 is 15.2 Å². The van der Waals surface area contributed by atoms with Crippen molar-refractivity contribution in [1.82, 2.24) is 0 Å². The molecule has 1 aromatic carbocycles. The molecule has 1 fully saturated rings. The zero-order chi connectivity index (χ0) is 16.1. The number of carboxylic acid groups (broad SMARTS) is 1. The van der Waals surface area contributed by atoms with Gasteiger partial charge >= 0.3 is 5.97 Å². The van der Waals surface area contributed by atoms with Gasteiger partial charge in [-0.2, -0.15) is 0 Å². The van der Waals surface area contributed by atoms with Crippen LogP contribution in [-0.4, -0.2) is 24.1 Å². The van der Waals surface area contributed by atoms with Crippen LogP contribution in [0.5, 0.6) is 5.75 Å². The molecule has 0 bridgehead atoms. The number of halogens is 1. The summed E-state index contributed by atoms with van der Waals surface area (Å²) in [5.74, 6) is -0.629. The topological polar surface area (TPSA) is 75.6 Å². The average Bonchev–Trinajstić information content (AvgIpc) is 2.49. The lowest BCUT2D eigenvalue weighted by Gasteiger charge is -2.21. The third-order valence-electron chi connectivity index (χ3n) is 3.99. The zero-order valence-corrected chi connectivity index (χ0v) is 13.3. The summed E-state index contributed by atoms with van der Waals surface area (Å²) in [4.78, 5) is 23.2. The number of carbonyl (C=O) groups excluding carboxylic acids is 1. The number of hydrogen-bond donors (Lipinski definition) is 2. The highest BCUT2D eigenvalue weighted by Crippen LogP contribution is 2.32. The Morgan fingerprint density at radius 2 is 2.00 bits per heavy atom. The van der Waals surface area contributed by atoms with Crippen LogP contribution in [0.3, 0.4) is 0 Å². The van der Waals surface area contributed by atoms with Gasteiger partial charge in [0.2, 0.25) is 5.91 Å². The predicted molar refractivity (Wildman–Crippen MR) is 84.8 cm³/mol. The SMILES string of the molecule is COc1cc(NC(=O)CC2CCCCC2)c(Cl)cc1C(=O)O. The third kappa shape index (κ3) is 4.13. The molecule has 0 spiro atoms. The lowest BCUT2D eigenvalue weighted by Crippen LogP contribution is -2.18. The summed E-state index contributed by atoms with van der Waals surface area (Å²) in [6, 6.07) is 2.74. The van der Waals surface area contributed by atoms with Crippen molar-refractivity contribution in [3.8, 4) is 5.75 Å². The first-order chi connectivity index (χ1) is 10.5. The van der Waals surface area contributed by atoms with E-state index >= 15 is 0 Å². The van der Waals surface area contributed by atoms with Crippen molar-refractivity contribution >= 4 is 29.2 Å². The molecule has 0 unspecified atom stereocenters. The second-order valence-electron chi connectivity index (χ2n) is 5.59. The minimum atomic E-state index is -1.13. The summed E-state index contributed by atoms with van der Waals surface area (Å²) in [5, 5.41) is 12.0. The molecule has 0 aromatic heterocycles. The fourth-order valence-corrected chi connectivity index (χ4v) is 3.05. The average molecular weight is 326 g/mol. The molecule has 6 heteroatoms. The van der Waals surface area contributed by atoms with Crippen molar-refractivity contribution in [1.29, 1.82) is 0 Å². The summed E-state index contributed by atoms with van der Waals surface area (Å²) in [7, 11) is 1.38. The van der Waals surface area contributed by atoms with Gasteiger partial charge in [-0.1, -0.05) is 30.9 Å². The summed E-state index contributed by atoms with van der Waals surface area (Å²) in [6.07, 6.45) is 6.25.